The van der Waals surface area contributed by atoms with Crippen molar-refractivity contribution in [1.82, 2.24) is 0 Å². The van der Waals surface area contributed by atoms with Gasteiger partial charge in [0.1, 0.15) is 11.3 Å². The molecule has 3 nitrogen and oxygen atoms in total. The van der Waals surface area contributed by atoms with Crippen molar-refractivity contribution in [2.45, 2.75) is 32.6 Å². The molecule has 1 aromatic carbocycles. The Morgan fingerprint density at radius 1 is 1.24 bits per heavy atom. The Morgan fingerprint density at radius 3 is 2.76 bits per heavy atom. The van der Waals surface area contributed by atoms with Crippen molar-refractivity contribution in [2.75, 3.05) is 0 Å². The molecule has 0 spiro atoms. The van der Waals surface area contributed by atoms with Crippen molar-refractivity contribution in [2.24, 2.45) is 0 Å². The van der Waals surface area contributed by atoms with E-state index >= 15 is 0 Å². The molecule has 0 aliphatic heterocycles. The molecule has 17 heavy (non-hydrogen) atoms. The summed E-state index contributed by atoms with van der Waals surface area (Å²) >= 11 is 0. The summed E-state index contributed by atoms with van der Waals surface area (Å²) in [6.45, 7) is 2.10. The van der Waals surface area contributed by atoms with Crippen LogP contribution in [0, 0.1) is 0 Å². The van der Waals surface area contributed by atoms with E-state index in [1.54, 1.807) is 18.2 Å². The second-order valence-electron chi connectivity index (χ2n) is 4.17. The highest BCUT2D eigenvalue weighted by Gasteiger charge is 2.12. The quantitative estimate of drug-likeness (QED) is 0.650. The van der Waals surface area contributed by atoms with Gasteiger partial charge in [-0.3, -0.25) is 0 Å². The molecule has 2 aromatic rings. The van der Waals surface area contributed by atoms with Gasteiger partial charge in [0.05, 0.1) is 10.9 Å². The maximum atomic E-state index is 11.7. The fraction of sp³-hybridized carbons (Fsp3) is 0.357. The molecule has 0 saturated heterocycles. The van der Waals surface area contributed by atoms with E-state index in [1.807, 2.05) is 6.07 Å². The van der Waals surface area contributed by atoms with Crippen LogP contribution < -0.4 is 5.63 Å². The zero-order valence-electron chi connectivity index (χ0n) is 9.90. The lowest BCUT2D eigenvalue weighted by molar-refractivity contribution is 0.454. The minimum atomic E-state index is -0.419. The number of hydrogen-bond acceptors (Lipinski definition) is 3. The molecule has 0 radical (unpaired) electrons. The summed E-state index contributed by atoms with van der Waals surface area (Å²) in [6, 6.07) is 7.04. The Labute approximate surface area is 99.7 Å². The predicted molar refractivity (Wildman–Crippen MR) is 67.4 cm³/mol. The summed E-state index contributed by atoms with van der Waals surface area (Å²) in [5, 5.41) is 10.7. The van der Waals surface area contributed by atoms with E-state index in [0.29, 0.717) is 23.0 Å². The first-order valence-electron chi connectivity index (χ1n) is 5.97. The minimum absolute atomic E-state index is 0.0768. The molecule has 3 heteroatoms. The topological polar surface area (TPSA) is 50.4 Å². The summed E-state index contributed by atoms with van der Waals surface area (Å²) in [4.78, 5) is 11.7. The van der Waals surface area contributed by atoms with Crippen molar-refractivity contribution < 1.29 is 9.52 Å². The zero-order chi connectivity index (χ0) is 12.3. The highest BCUT2D eigenvalue weighted by Crippen LogP contribution is 2.26. The first-order chi connectivity index (χ1) is 8.24. The molecular formula is C14H16O3. The molecule has 0 aliphatic rings. The van der Waals surface area contributed by atoms with E-state index in [0.717, 1.165) is 19.3 Å². The smallest absolute Gasteiger partial charge is 0.343 e. The van der Waals surface area contributed by atoms with E-state index < -0.39 is 5.63 Å². The van der Waals surface area contributed by atoms with Crippen molar-refractivity contribution in [3.05, 3.63) is 40.2 Å². The molecule has 90 valence electrons. The summed E-state index contributed by atoms with van der Waals surface area (Å²) in [6.07, 6.45) is 3.60. The van der Waals surface area contributed by atoms with E-state index in [-0.39, 0.29) is 5.75 Å². The van der Waals surface area contributed by atoms with Gasteiger partial charge in [-0.25, -0.2) is 4.79 Å². The van der Waals surface area contributed by atoms with Gasteiger partial charge in [-0.15, -0.1) is 0 Å². The van der Waals surface area contributed by atoms with E-state index in [1.165, 1.54) is 0 Å². The van der Waals surface area contributed by atoms with Gasteiger partial charge in [0.2, 0.25) is 0 Å². The van der Waals surface area contributed by atoms with Gasteiger partial charge in [-0.05, 0) is 25.0 Å². The Bertz CT molecular complexity index is 569. The largest absolute Gasteiger partial charge is 0.507 e. The molecule has 0 unspecified atom stereocenters. The highest BCUT2D eigenvalue weighted by molar-refractivity contribution is 5.83. The average molecular weight is 232 g/mol. The van der Waals surface area contributed by atoms with Crippen LogP contribution >= 0.6 is 0 Å². The van der Waals surface area contributed by atoms with Crippen molar-refractivity contribution >= 4 is 11.0 Å². The molecule has 0 saturated carbocycles. The van der Waals surface area contributed by atoms with Gasteiger partial charge in [0, 0.05) is 0 Å². The molecule has 0 aliphatic carbocycles. The van der Waals surface area contributed by atoms with Crippen LogP contribution in [0.4, 0.5) is 0 Å². The van der Waals surface area contributed by atoms with Crippen molar-refractivity contribution in [3.8, 4) is 5.75 Å². The maximum Gasteiger partial charge on any atom is 0.343 e. The molecule has 1 heterocycles. The second-order valence-corrected chi connectivity index (χ2v) is 4.17. The van der Waals surface area contributed by atoms with Gasteiger partial charge in [0.25, 0.3) is 0 Å². The third-order valence-electron chi connectivity index (χ3n) is 2.91. The van der Waals surface area contributed by atoms with Crippen molar-refractivity contribution in [1.29, 1.82) is 0 Å². The van der Waals surface area contributed by atoms with Gasteiger partial charge in [0.15, 0.2) is 0 Å². The number of hydrogen-bond donors (Lipinski definition) is 1. The van der Waals surface area contributed by atoms with Gasteiger partial charge < -0.3 is 9.52 Å². The fourth-order valence-electron chi connectivity index (χ4n) is 1.94. The summed E-state index contributed by atoms with van der Waals surface area (Å²) < 4.78 is 5.19. The van der Waals surface area contributed by atoms with Crippen molar-refractivity contribution in [3.63, 3.8) is 0 Å². The number of rotatable bonds is 4. The van der Waals surface area contributed by atoms with Crippen LogP contribution in [0.3, 0.4) is 0 Å². The average Bonchev–Trinajstić information content (AvgIpc) is 2.33. The molecule has 0 atom stereocenters. The Balaban J connectivity index is 2.45. The van der Waals surface area contributed by atoms with E-state index in [2.05, 4.69) is 6.92 Å². The van der Waals surface area contributed by atoms with Crippen LogP contribution in [-0.2, 0) is 6.42 Å². The fourth-order valence-corrected chi connectivity index (χ4v) is 1.94. The predicted octanol–water partition coefficient (Wildman–Crippen LogP) is 3.23. The number of benzene rings is 1. The first kappa shape index (κ1) is 11.7. The molecular weight excluding hydrogens is 216 g/mol. The lowest BCUT2D eigenvalue weighted by Crippen LogP contribution is -2.07. The number of unbranched alkanes of at least 4 members (excludes halogenated alkanes) is 2. The van der Waals surface area contributed by atoms with Crippen LogP contribution in [0.25, 0.3) is 11.0 Å². The Kier molecular flexibility index (Phi) is 3.47. The third-order valence-corrected chi connectivity index (χ3v) is 2.91. The minimum Gasteiger partial charge on any atom is -0.507 e. The monoisotopic (exact) mass is 232 g/mol. The maximum absolute atomic E-state index is 11.7. The van der Waals surface area contributed by atoms with E-state index in [9.17, 15) is 9.90 Å². The standard InChI is InChI=1S/C14H16O3/c1-2-3-4-8-11-13(15)10-7-5-6-9-12(10)17-14(11)16/h5-7,9,15H,2-4,8H2,1H3. The lowest BCUT2D eigenvalue weighted by Gasteiger charge is -2.05. The van der Waals surface area contributed by atoms with Crippen LogP contribution in [0.15, 0.2) is 33.5 Å². The molecule has 0 amide bonds. The molecule has 0 bridgehead atoms. The van der Waals surface area contributed by atoms with Gasteiger partial charge in [-0.2, -0.15) is 0 Å². The highest BCUT2D eigenvalue weighted by atomic mass is 16.4. The molecule has 1 aromatic heterocycles. The van der Waals surface area contributed by atoms with Crippen LogP contribution in [0.5, 0.6) is 5.75 Å². The number of aromatic hydroxyl groups is 1. The normalized spacial score (nSPS) is 10.9. The molecule has 0 fully saturated rings. The molecule has 2 rings (SSSR count). The lowest BCUT2D eigenvalue weighted by atomic mass is 10.1. The zero-order valence-corrected chi connectivity index (χ0v) is 9.90. The molecule has 1 N–H and O–H groups in total. The van der Waals surface area contributed by atoms with Gasteiger partial charge in [-0.1, -0.05) is 31.9 Å². The third kappa shape index (κ3) is 2.33. The number of para-hydroxylation sites is 1. The Hall–Kier alpha value is -1.77. The SMILES string of the molecule is CCCCCc1c(O)c2ccccc2oc1=O. The summed E-state index contributed by atoms with van der Waals surface area (Å²) in [7, 11) is 0. The second kappa shape index (κ2) is 5.04. The number of fused-ring (bicyclic) bond motifs is 1. The van der Waals surface area contributed by atoms with Crippen LogP contribution in [0.1, 0.15) is 31.7 Å². The van der Waals surface area contributed by atoms with Gasteiger partial charge >= 0.3 is 5.63 Å². The van der Waals surface area contributed by atoms with Crippen LogP contribution in [-0.4, -0.2) is 5.11 Å². The summed E-state index contributed by atoms with van der Waals surface area (Å²) in [5.41, 5.74) is 0.420. The Morgan fingerprint density at radius 2 is 2.00 bits per heavy atom. The summed E-state index contributed by atoms with van der Waals surface area (Å²) in [5.74, 6) is 0.0768. The first-order valence-corrected chi connectivity index (χ1v) is 5.97. The van der Waals surface area contributed by atoms with E-state index in [4.69, 9.17) is 4.42 Å². The van der Waals surface area contributed by atoms with Crippen LogP contribution in [0.2, 0.25) is 0 Å².